The van der Waals surface area contributed by atoms with Gasteiger partial charge in [0.2, 0.25) is 5.91 Å². The summed E-state index contributed by atoms with van der Waals surface area (Å²) in [6.07, 6.45) is 3.15. The third-order valence-electron chi connectivity index (χ3n) is 2.14. The van der Waals surface area contributed by atoms with E-state index in [-0.39, 0.29) is 17.2 Å². The number of carbonyl (C=O) groups is 1. The van der Waals surface area contributed by atoms with Gasteiger partial charge in [0.15, 0.2) is 0 Å². The van der Waals surface area contributed by atoms with E-state index in [4.69, 9.17) is 5.73 Å². The Morgan fingerprint density at radius 3 is 2.67 bits per heavy atom. The molecule has 2 atom stereocenters. The van der Waals surface area contributed by atoms with E-state index in [0.29, 0.717) is 0 Å². The summed E-state index contributed by atoms with van der Waals surface area (Å²) in [6.45, 7) is 6.86. The molecule has 0 heterocycles. The van der Waals surface area contributed by atoms with E-state index in [1.807, 2.05) is 13.8 Å². The van der Waals surface area contributed by atoms with Crippen molar-refractivity contribution < 1.29 is 4.79 Å². The molecule has 0 aliphatic heterocycles. The van der Waals surface area contributed by atoms with Crippen LogP contribution in [-0.4, -0.2) is 29.5 Å². The molecule has 0 spiro atoms. The van der Waals surface area contributed by atoms with Crippen molar-refractivity contribution in [2.24, 2.45) is 5.73 Å². The van der Waals surface area contributed by atoms with Gasteiger partial charge in [0.05, 0.1) is 5.25 Å². The van der Waals surface area contributed by atoms with Crippen LogP contribution in [0.2, 0.25) is 0 Å². The summed E-state index contributed by atoms with van der Waals surface area (Å²) in [5, 5.41) is 2.97. The number of nitrogens with two attached hydrogens (primary N) is 1. The van der Waals surface area contributed by atoms with Crippen LogP contribution in [0.5, 0.6) is 0 Å². The number of amides is 1. The van der Waals surface area contributed by atoms with Gasteiger partial charge in [-0.2, -0.15) is 0 Å². The first-order valence-electron chi connectivity index (χ1n) is 5.72. The number of carbonyl (C=O) groups excluding carboxylic acids is 1. The van der Waals surface area contributed by atoms with E-state index < -0.39 is 0 Å². The van der Waals surface area contributed by atoms with E-state index in [1.54, 1.807) is 11.8 Å². The standard InChI is InChI=1S/C11H24N2OS/c1-4-5-7-13-11(14)10(3)15-8-6-9(2)12/h9-10H,4-8,12H2,1-3H3,(H,13,14). The Hall–Kier alpha value is -0.220. The summed E-state index contributed by atoms with van der Waals surface area (Å²) in [5.74, 6) is 1.11. The van der Waals surface area contributed by atoms with Crippen LogP contribution in [0.3, 0.4) is 0 Å². The Morgan fingerprint density at radius 2 is 2.13 bits per heavy atom. The quantitative estimate of drug-likeness (QED) is 0.627. The van der Waals surface area contributed by atoms with Crippen LogP contribution in [0.25, 0.3) is 0 Å². The van der Waals surface area contributed by atoms with Gasteiger partial charge in [-0.3, -0.25) is 4.79 Å². The second-order valence-electron chi connectivity index (χ2n) is 3.92. The fourth-order valence-electron chi connectivity index (χ4n) is 1.04. The van der Waals surface area contributed by atoms with E-state index >= 15 is 0 Å². The lowest BCUT2D eigenvalue weighted by Gasteiger charge is -2.12. The molecule has 0 rings (SSSR count). The Balaban J connectivity index is 3.51. The highest BCUT2D eigenvalue weighted by Crippen LogP contribution is 2.12. The molecule has 0 saturated heterocycles. The predicted octanol–water partition coefficient (Wildman–Crippen LogP) is 1.76. The summed E-state index contributed by atoms with van der Waals surface area (Å²) in [6, 6.07) is 0.229. The largest absolute Gasteiger partial charge is 0.355 e. The molecule has 0 fully saturated rings. The number of thioether (sulfide) groups is 1. The van der Waals surface area contributed by atoms with Crippen molar-refractivity contribution >= 4 is 17.7 Å². The van der Waals surface area contributed by atoms with Gasteiger partial charge < -0.3 is 11.1 Å². The normalized spacial score (nSPS) is 14.7. The highest BCUT2D eigenvalue weighted by atomic mass is 32.2. The van der Waals surface area contributed by atoms with Crippen molar-refractivity contribution in [1.29, 1.82) is 0 Å². The molecular formula is C11H24N2OS. The number of nitrogens with one attached hydrogen (secondary N) is 1. The van der Waals surface area contributed by atoms with Crippen molar-refractivity contribution in [3.63, 3.8) is 0 Å². The lowest BCUT2D eigenvalue weighted by Crippen LogP contribution is -2.32. The second kappa shape index (κ2) is 9.04. The highest BCUT2D eigenvalue weighted by molar-refractivity contribution is 8.00. The lowest BCUT2D eigenvalue weighted by atomic mass is 10.3. The van der Waals surface area contributed by atoms with Gasteiger partial charge in [-0.15, -0.1) is 11.8 Å². The Kier molecular flexibility index (Phi) is 8.91. The molecule has 3 N–H and O–H groups in total. The molecule has 0 bridgehead atoms. The van der Waals surface area contributed by atoms with Crippen molar-refractivity contribution in [3.05, 3.63) is 0 Å². The highest BCUT2D eigenvalue weighted by Gasteiger charge is 2.12. The van der Waals surface area contributed by atoms with Crippen molar-refractivity contribution in [1.82, 2.24) is 5.32 Å². The average Bonchev–Trinajstić information content (AvgIpc) is 2.17. The molecule has 0 saturated carbocycles. The predicted molar refractivity (Wildman–Crippen MR) is 68.1 cm³/mol. The van der Waals surface area contributed by atoms with Crippen LogP contribution >= 0.6 is 11.8 Å². The molecule has 2 unspecified atom stereocenters. The summed E-state index contributed by atoms with van der Waals surface area (Å²) in [7, 11) is 0. The summed E-state index contributed by atoms with van der Waals surface area (Å²) in [5.41, 5.74) is 5.64. The first-order valence-corrected chi connectivity index (χ1v) is 6.77. The van der Waals surface area contributed by atoms with E-state index in [9.17, 15) is 4.79 Å². The van der Waals surface area contributed by atoms with Crippen LogP contribution in [0.4, 0.5) is 0 Å². The fraction of sp³-hybridized carbons (Fsp3) is 0.909. The van der Waals surface area contributed by atoms with Crippen molar-refractivity contribution in [3.8, 4) is 0 Å². The molecule has 1 amide bonds. The Labute approximate surface area is 97.6 Å². The van der Waals surface area contributed by atoms with E-state index in [2.05, 4.69) is 12.2 Å². The van der Waals surface area contributed by atoms with Crippen LogP contribution in [0.15, 0.2) is 0 Å². The number of hydrogen-bond donors (Lipinski definition) is 2. The minimum atomic E-state index is 0.0422. The molecule has 15 heavy (non-hydrogen) atoms. The summed E-state index contributed by atoms with van der Waals surface area (Å²) in [4.78, 5) is 11.5. The van der Waals surface area contributed by atoms with Gasteiger partial charge in [-0.05, 0) is 32.4 Å². The molecule has 4 heteroatoms. The van der Waals surface area contributed by atoms with Gasteiger partial charge >= 0.3 is 0 Å². The third-order valence-corrected chi connectivity index (χ3v) is 3.33. The van der Waals surface area contributed by atoms with Gasteiger partial charge in [0, 0.05) is 12.6 Å². The molecule has 3 nitrogen and oxygen atoms in total. The number of unbranched alkanes of at least 4 members (excludes halogenated alkanes) is 1. The maximum Gasteiger partial charge on any atom is 0.232 e. The first kappa shape index (κ1) is 14.8. The molecule has 0 aromatic carbocycles. The molecule has 0 aliphatic rings. The zero-order valence-corrected chi connectivity index (χ0v) is 10.9. The van der Waals surface area contributed by atoms with Gasteiger partial charge in [-0.25, -0.2) is 0 Å². The molecule has 0 aliphatic carbocycles. The second-order valence-corrected chi connectivity index (χ2v) is 5.37. The zero-order valence-electron chi connectivity index (χ0n) is 10.1. The molecule has 0 radical (unpaired) electrons. The monoisotopic (exact) mass is 232 g/mol. The Morgan fingerprint density at radius 1 is 1.47 bits per heavy atom. The summed E-state index contributed by atoms with van der Waals surface area (Å²) >= 11 is 1.68. The number of hydrogen-bond acceptors (Lipinski definition) is 3. The zero-order chi connectivity index (χ0) is 11.7. The van der Waals surface area contributed by atoms with E-state index in [0.717, 1.165) is 31.6 Å². The minimum absolute atomic E-state index is 0.0422. The Bertz CT molecular complexity index is 174. The van der Waals surface area contributed by atoms with Gasteiger partial charge in [0.25, 0.3) is 0 Å². The first-order chi connectivity index (χ1) is 7.07. The molecule has 0 aromatic heterocycles. The molecular weight excluding hydrogens is 208 g/mol. The SMILES string of the molecule is CCCCNC(=O)C(C)SCCC(C)N. The van der Waals surface area contributed by atoms with Gasteiger partial charge in [-0.1, -0.05) is 13.3 Å². The van der Waals surface area contributed by atoms with Crippen molar-refractivity contribution in [2.45, 2.75) is 51.3 Å². The van der Waals surface area contributed by atoms with Crippen molar-refractivity contribution in [2.75, 3.05) is 12.3 Å². The fourth-order valence-corrected chi connectivity index (χ4v) is 2.13. The van der Waals surface area contributed by atoms with Crippen LogP contribution in [-0.2, 0) is 4.79 Å². The smallest absolute Gasteiger partial charge is 0.232 e. The van der Waals surface area contributed by atoms with Crippen LogP contribution in [0.1, 0.15) is 40.0 Å². The third kappa shape index (κ3) is 8.75. The molecule has 90 valence electrons. The summed E-state index contributed by atoms with van der Waals surface area (Å²) < 4.78 is 0. The molecule has 0 aromatic rings. The van der Waals surface area contributed by atoms with Crippen LogP contribution in [0, 0.1) is 0 Å². The topological polar surface area (TPSA) is 55.1 Å². The van der Waals surface area contributed by atoms with Gasteiger partial charge in [0.1, 0.15) is 0 Å². The average molecular weight is 232 g/mol. The number of rotatable bonds is 8. The van der Waals surface area contributed by atoms with Crippen LogP contribution < -0.4 is 11.1 Å². The van der Waals surface area contributed by atoms with E-state index in [1.165, 1.54) is 0 Å². The minimum Gasteiger partial charge on any atom is -0.355 e. The lowest BCUT2D eigenvalue weighted by molar-refractivity contribution is -0.120. The maximum atomic E-state index is 11.5. The maximum absolute atomic E-state index is 11.5.